The van der Waals surface area contributed by atoms with Crippen LogP contribution in [0.5, 0.6) is 0 Å². The molecule has 0 aromatic heterocycles. The predicted molar refractivity (Wildman–Crippen MR) is 115 cm³/mol. The van der Waals surface area contributed by atoms with Crippen molar-refractivity contribution < 1.29 is 9.59 Å². The summed E-state index contributed by atoms with van der Waals surface area (Å²) < 4.78 is 0. The van der Waals surface area contributed by atoms with E-state index in [1.165, 1.54) is 0 Å². The van der Waals surface area contributed by atoms with E-state index in [1.807, 2.05) is 72.6 Å². The van der Waals surface area contributed by atoms with Crippen LogP contribution < -0.4 is 10.2 Å². The molecule has 0 unspecified atom stereocenters. The number of carbonyl (C=O) groups is 2. The fourth-order valence-corrected chi connectivity index (χ4v) is 3.82. The van der Waals surface area contributed by atoms with Gasteiger partial charge >= 0.3 is 0 Å². The van der Waals surface area contributed by atoms with E-state index in [9.17, 15) is 9.59 Å². The highest BCUT2D eigenvalue weighted by atomic mass is 16.2. The Balaban J connectivity index is 1.61. The summed E-state index contributed by atoms with van der Waals surface area (Å²) >= 11 is 0. The minimum absolute atomic E-state index is 0.0328. The molecule has 2 amide bonds. The number of rotatable bonds is 5. The number of likely N-dealkylation sites (N-methyl/N-ethyl adjacent to an activating group) is 1. The van der Waals surface area contributed by atoms with Crippen LogP contribution in [0.15, 0.2) is 84.9 Å². The number of hydrogen-bond donors (Lipinski definition) is 1. The second-order valence-corrected chi connectivity index (χ2v) is 7.18. The van der Waals surface area contributed by atoms with Gasteiger partial charge in [-0.2, -0.15) is 0 Å². The van der Waals surface area contributed by atoms with Crippen molar-refractivity contribution in [2.75, 3.05) is 30.4 Å². The number of carbonyl (C=O) groups excluding carboxylic acids is 2. The molecule has 3 aromatic rings. The standard InChI is InChI=1S/C24H23N3O2/c1-26(24(18-10-4-2-5-11-18)19-12-6-3-7-13-19)17-23(29)27-16-22(28)25-20-14-8-9-15-21(20)27/h2-15,24H,16-17H2,1H3,(H,25,28). The van der Waals surface area contributed by atoms with Gasteiger partial charge in [-0.15, -0.1) is 0 Å². The zero-order valence-electron chi connectivity index (χ0n) is 16.3. The molecule has 0 atom stereocenters. The van der Waals surface area contributed by atoms with Crippen molar-refractivity contribution in [1.82, 2.24) is 4.90 Å². The molecule has 4 rings (SSSR count). The van der Waals surface area contributed by atoms with Gasteiger partial charge in [0.2, 0.25) is 11.8 Å². The molecule has 5 nitrogen and oxygen atoms in total. The Morgan fingerprint density at radius 1 is 0.931 bits per heavy atom. The quantitative estimate of drug-likeness (QED) is 0.729. The third-order valence-electron chi connectivity index (χ3n) is 5.13. The van der Waals surface area contributed by atoms with Gasteiger partial charge in [0.05, 0.1) is 24.0 Å². The molecule has 1 aliphatic rings. The number of benzene rings is 3. The van der Waals surface area contributed by atoms with Gasteiger partial charge in [-0.05, 0) is 30.3 Å². The Morgan fingerprint density at radius 3 is 2.10 bits per heavy atom. The van der Waals surface area contributed by atoms with Gasteiger partial charge in [-0.25, -0.2) is 0 Å². The van der Waals surface area contributed by atoms with E-state index >= 15 is 0 Å². The van der Waals surface area contributed by atoms with Crippen molar-refractivity contribution in [2.45, 2.75) is 6.04 Å². The van der Waals surface area contributed by atoms with Crippen molar-refractivity contribution in [3.05, 3.63) is 96.1 Å². The third-order valence-corrected chi connectivity index (χ3v) is 5.13. The summed E-state index contributed by atoms with van der Waals surface area (Å²) in [5.41, 5.74) is 3.64. The van der Waals surface area contributed by atoms with Gasteiger partial charge in [-0.3, -0.25) is 19.4 Å². The first-order chi connectivity index (χ1) is 14.1. The lowest BCUT2D eigenvalue weighted by Gasteiger charge is -2.33. The van der Waals surface area contributed by atoms with Gasteiger partial charge in [-0.1, -0.05) is 72.8 Å². The number of hydrogen-bond acceptors (Lipinski definition) is 3. The first-order valence-electron chi connectivity index (χ1n) is 9.63. The van der Waals surface area contributed by atoms with Crippen LogP contribution in [0, 0.1) is 0 Å². The second-order valence-electron chi connectivity index (χ2n) is 7.18. The number of para-hydroxylation sites is 2. The summed E-state index contributed by atoms with van der Waals surface area (Å²) in [7, 11) is 1.94. The second kappa shape index (κ2) is 8.29. The molecule has 1 aliphatic heterocycles. The van der Waals surface area contributed by atoms with Crippen LogP contribution >= 0.6 is 0 Å². The van der Waals surface area contributed by atoms with Crippen molar-refractivity contribution in [3.8, 4) is 0 Å². The third kappa shape index (κ3) is 4.05. The number of nitrogens with one attached hydrogen (secondary N) is 1. The fraction of sp³-hybridized carbons (Fsp3) is 0.167. The van der Waals surface area contributed by atoms with Crippen LogP contribution in [-0.4, -0.2) is 36.9 Å². The molecule has 0 fully saturated rings. The van der Waals surface area contributed by atoms with Gasteiger partial charge in [0.15, 0.2) is 0 Å². The van der Waals surface area contributed by atoms with E-state index in [0.717, 1.165) is 16.8 Å². The zero-order chi connectivity index (χ0) is 20.2. The highest BCUT2D eigenvalue weighted by Crippen LogP contribution is 2.31. The predicted octanol–water partition coefficient (Wildman–Crippen LogP) is 3.69. The van der Waals surface area contributed by atoms with Crippen LogP contribution in [0.1, 0.15) is 17.2 Å². The summed E-state index contributed by atoms with van der Waals surface area (Å²) in [6, 6.07) is 27.6. The van der Waals surface area contributed by atoms with Crippen molar-refractivity contribution in [1.29, 1.82) is 0 Å². The number of fused-ring (bicyclic) bond motifs is 1. The molecule has 0 saturated carbocycles. The molecular weight excluding hydrogens is 362 g/mol. The summed E-state index contributed by atoms with van der Waals surface area (Å²) in [5.74, 6) is -0.283. The lowest BCUT2D eigenvalue weighted by Crippen LogP contribution is -2.46. The SMILES string of the molecule is CN(CC(=O)N1CC(=O)Nc2ccccc21)C(c1ccccc1)c1ccccc1. The van der Waals surface area contributed by atoms with Crippen LogP contribution in [0.25, 0.3) is 0 Å². The average Bonchev–Trinajstić information content (AvgIpc) is 2.74. The maximum atomic E-state index is 13.2. The monoisotopic (exact) mass is 385 g/mol. The van der Waals surface area contributed by atoms with E-state index in [-0.39, 0.29) is 30.9 Å². The average molecular weight is 385 g/mol. The zero-order valence-corrected chi connectivity index (χ0v) is 16.3. The molecule has 1 N–H and O–H groups in total. The van der Waals surface area contributed by atoms with Crippen molar-refractivity contribution in [2.24, 2.45) is 0 Å². The summed E-state index contributed by atoms with van der Waals surface area (Å²) in [4.78, 5) is 28.9. The molecule has 0 saturated heterocycles. The molecule has 0 radical (unpaired) electrons. The van der Waals surface area contributed by atoms with Crippen LogP contribution in [-0.2, 0) is 9.59 Å². The Morgan fingerprint density at radius 2 is 1.48 bits per heavy atom. The summed E-state index contributed by atoms with van der Waals surface area (Å²) in [5, 5.41) is 2.83. The molecular formula is C24H23N3O2. The smallest absolute Gasteiger partial charge is 0.244 e. The van der Waals surface area contributed by atoms with Gasteiger partial charge < -0.3 is 5.32 Å². The molecule has 0 bridgehead atoms. The van der Waals surface area contributed by atoms with Gasteiger partial charge in [0, 0.05) is 0 Å². The molecule has 0 spiro atoms. The van der Waals surface area contributed by atoms with Crippen LogP contribution in [0.2, 0.25) is 0 Å². The topological polar surface area (TPSA) is 52.7 Å². The molecule has 3 aromatic carbocycles. The Bertz CT molecular complexity index is 965. The number of anilines is 2. The number of nitrogens with zero attached hydrogens (tertiary/aromatic N) is 2. The largest absolute Gasteiger partial charge is 0.323 e. The van der Waals surface area contributed by atoms with E-state index in [2.05, 4.69) is 29.6 Å². The normalized spacial score (nSPS) is 13.3. The highest BCUT2D eigenvalue weighted by molar-refractivity contribution is 6.10. The first-order valence-corrected chi connectivity index (χ1v) is 9.63. The van der Waals surface area contributed by atoms with E-state index < -0.39 is 0 Å². The molecule has 29 heavy (non-hydrogen) atoms. The van der Waals surface area contributed by atoms with Gasteiger partial charge in [0.25, 0.3) is 0 Å². The minimum Gasteiger partial charge on any atom is -0.323 e. The lowest BCUT2D eigenvalue weighted by atomic mass is 9.97. The van der Waals surface area contributed by atoms with Gasteiger partial charge in [0.1, 0.15) is 6.54 Å². The fourth-order valence-electron chi connectivity index (χ4n) is 3.82. The molecule has 146 valence electrons. The Kier molecular flexibility index (Phi) is 5.40. The summed E-state index contributed by atoms with van der Waals surface area (Å²) in [6.45, 7) is 0.223. The Hall–Kier alpha value is -3.44. The Labute approximate surface area is 170 Å². The van der Waals surface area contributed by atoms with E-state index in [1.54, 1.807) is 4.90 Å². The maximum absolute atomic E-state index is 13.2. The molecule has 5 heteroatoms. The van der Waals surface area contributed by atoms with Crippen LogP contribution in [0.4, 0.5) is 11.4 Å². The lowest BCUT2D eigenvalue weighted by molar-refractivity contribution is -0.122. The number of amides is 2. The van der Waals surface area contributed by atoms with E-state index in [0.29, 0.717) is 5.69 Å². The maximum Gasteiger partial charge on any atom is 0.244 e. The minimum atomic E-state index is -0.178. The first kappa shape index (κ1) is 18.9. The van der Waals surface area contributed by atoms with Crippen LogP contribution in [0.3, 0.4) is 0 Å². The van der Waals surface area contributed by atoms with Crippen molar-refractivity contribution in [3.63, 3.8) is 0 Å². The van der Waals surface area contributed by atoms with Crippen molar-refractivity contribution >= 4 is 23.2 Å². The highest BCUT2D eigenvalue weighted by Gasteiger charge is 2.29. The van der Waals surface area contributed by atoms with E-state index in [4.69, 9.17) is 0 Å². The summed E-state index contributed by atoms with van der Waals surface area (Å²) in [6.07, 6.45) is 0. The molecule has 0 aliphatic carbocycles. The molecule has 1 heterocycles.